The van der Waals surface area contributed by atoms with Crippen molar-refractivity contribution < 1.29 is 19.4 Å². The van der Waals surface area contributed by atoms with Gasteiger partial charge in [0, 0.05) is 0 Å². The number of aliphatic carboxylic acids is 1. The first-order valence-corrected chi connectivity index (χ1v) is 11.6. The summed E-state index contributed by atoms with van der Waals surface area (Å²) in [6.07, 6.45) is 17.8. The quantitative estimate of drug-likeness (QED) is 0.264. The average molecular weight is 395 g/mol. The number of carboxylic acid groups (broad SMARTS) is 1. The number of hydrogen-bond acceptors (Lipinski definition) is 3. The Morgan fingerprint density at radius 3 is 1.71 bits per heavy atom. The van der Waals surface area contributed by atoms with Gasteiger partial charge in [0.25, 0.3) is 0 Å². The minimum atomic E-state index is -0.626. The fourth-order valence-corrected chi connectivity index (χ4v) is 4.63. The van der Waals surface area contributed by atoms with E-state index >= 15 is 0 Å². The van der Waals surface area contributed by atoms with Crippen molar-refractivity contribution in [1.82, 2.24) is 0 Å². The molecule has 1 N–H and O–H groups in total. The van der Waals surface area contributed by atoms with Crippen LogP contribution in [0.4, 0.5) is 0 Å². The first kappa shape index (κ1) is 23.2. The van der Waals surface area contributed by atoms with Gasteiger partial charge >= 0.3 is 11.9 Å². The molecule has 2 aliphatic carbocycles. The Labute approximate surface area is 171 Å². The molecule has 0 aromatic heterocycles. The van der Waals surface area contributed by atoms with Crippen LogP contribution in [0.5, 0.6) is 0 Å². The summed E-state index contributed by atoms with van der Waals surface area (Å²) in [4.78, 5) is 23.3. The SMILES string of the molecule is CC(C)(C)OC(=O)C1(CCCCCCCCCCC2(CC(=O)O)CCC2)CC1. The highest BCUT2D eigenvalue weighted by atomic mass is 16.6. The van der Waals surface area contributed by atoms with E-state index in [4.69, 9.17) is 9.84 Å². The summed E-state index contributed by atoms with van der Waals surface area (Å²) in [6, 6.07) is 0. The molecule has 0 amide bonds. The van der Waals surface area contributed by atoms with E-state index in [0.717, 1.165) is 44.9 Å². The average Bonchev–Trinajstić information content (AvgIpc) is 3.33. The van der Waals surface area contributed by atoms with Crippen LogP contribution in [0, 0.1) is 10.8 Å². The molecular weight excluding hydrogens is 352 g/mol. The maximum absolute atomic E-state index is 12.3. The van der Waals surface area contributed by atoms with Gasteiger partial charge < -0.3 is 9.84 Å². The lowest BCUT2D eigenvalue weighted by Crippen LogP contribution is -2.31. The van der Waals surface area contributed by atoms with Crippen LogP contribution in [-0.2, 0) is 14.3 Å². The molecule has 2 fully saturated rings. The van der Waals surface area contributed by atoms with E-state index in [1.54, 1.807) is 0 Å². The highest BCUT2D eigenvalue weighted by molar-refractivity contribution is 5.80. The number of carbonyl (C=O) groups is 2. The molecule has 4 heteroatoms. The molecule has 0 bridgehead atoms. The van der Waals surface area contributed by atoms with E-state index in [-0.39, 0.29) is 22.4 Å². The summed E-state index contributed by atoms with van der Waals surface area (Å²) in [5.74, 6) is -0.605. The second-order valence-corrected chi connectivity index (χ2v) is 10.5. The van der Waals surface area contributed by atoms with E-state index < -0.39 is 5.97 Å². The van der Waals surface area contributed by atoms with E-state index in [2.05, 4.69) is 0 Å². The normalized spacial score (nSPS) is 19.7. The van der Waals surface area contributed by atoms with Crippen LogP contribution in [0.3, 0.4) is 0 Å². The summed E-state index contributed by atoms with van der Waals surface area (Å²) < 4.78 is 5.58. The van der Waals surface area contributed by atoms with Crippen molar-refractivity contribution in [3.63, 3.8) is 0 Å². The van der Waals surface area contributed by atoms with E-state index in [1.807, 2.05) is 20.8 Å². The zero-order valence-electron chi connectivity index (χ0n) is 18.5. The molecule has 0 radical (unpaired) electrons. The van der Waals surface area contributed by atoms with Crippen LogP contribution in [0.2, 0.25) is 0 Å². The third-order valence-corrected chi connectivity index (χ3v) is 6.74. The number of hydrogen-bond donors (Lipinski definition) is 1. The monoisotopic (exact) mass is 394 g/mol. The second-order valence-electron chi connectivity index (χ2n) is 10.5. The highest BCUT2D eigenvalue weighted by Gasteiger charge is 2.51. The van der Waals surface area contributed by atoms with Crippen LogP contribution in [-0.4, -0.2) is 22.6 Å². The van der Waals surface area contributed by atoms with Gasteiger partial charge in [-0.25, -0.2) is 0 Å². The molecule has 0 saturated heterocycles. The topological polar surface area (TPSA) is 63.6 Å². The minimum Gasteiger partial charge on any atom is -0.481 e. The fraction of sp³-hybridized carbons (Fsp3) is 0.917. The standard InChI is InChI=1S/C24H42O4/c1-22(2,3)28-21(27)24(17-18-24)16-11-9-7-5-4-6-8-10-13-23(14-12-15-23)19-20(25)26/h4-19H2,1-3H3,(H,25,26). The van der Waals surface area contributed by atoms with E-state index in [1.165, 1.54) is 51.4 Å². The molecule has 0 aliphatic heterocycles. The largest absolute Gasteiger partial charge is 0.481 e. The lowest BCUT2D eigenvalue weighted by molar-refractivity contribution is -0.162. The van der Waals surface area contributed by atoms with Crippen molar-refractivity contribution in [1.29, 1.82) is 0 Å². The number of unbranched alkanes of at least 4 members (excludes halogenated alkanes) is 7. The van der Waals surface area contributed by atoms with Gasteiger partial charge in [-0.05, 0) is 64.7 Å². The molecule has 4 nitrogen and oxygen atoms in total. The predicted octanol–water partition coefficient (Wildman–Crippen LogP) is 6.65. The minimum absolute atomic E-state index is 0.0205. The third-order valence-electron chi connectivity index (χ3n) is 6.74. The molecule has 2 saturated carbocycles. The Hall–Kier alpha value is -1.06. The molecule has 162 valence electrons. The van der Waals surface area contributed by atoms with Gasteiger partial charge in [0.2, 0.25) is 0 Å². The maximum atomic E-state index is 12.3. The molecular formula is C24H42O4. The molecule has 0 aromatic rings. The van der Waals surface area contributed by atoms with Gasteiger partial charge in [-0.2, -0.15) is 0 Å². The Balaban J connectivity index is 1.44. The lowest BCUT2D eigenvalue weighted by Gasteiger charge is -2.41. The molecule has 0 aromatic carbocycles. The van der Waals surface area contributed by atoms with Crippen LogP contribution in [0.25, 0.3) is 0 Å². The van der Waals surface area contributed by atoms with Gasteiger partial charge in [-0.3, -0.25) is 9.59 Å². The van der Waals surface area contributed by atoms with Crippen molar-refractivity contribution in [3.05, 3.63) is 0 Å². The van der Waals surface area contributed by atoms with Crippen LogP contribution < -0.4 is 0 Å². The fourth-order valence-electron chi connectivity index (χ4n) is 4.63. The number of carboxylic acids is 1. The van der Waals surface area contributed by atoms with E-state index in [0.29, 0.717) is 6.42 Å². The molecule has 2 aliphatic rings. The number of esters is 1. The highest BCUT2D eigenvalue weighted by Crippen LogP contribution is 2.51. The van der Waals surface area contributed by atoms with Crippen molar-refractivity contribution in [2.75, 3.05) is 0 Å². The summed E-state index contributed by atoms with van der Waals surface area (Å²) in [5, 5.41) is 9.07. The Morgan fingerprint density at radius 1 is 0.821 bits per heavy atom. The van der Waals surface area contributed by atoms with Crippen LogP contribution >= 0.6 is 0 Å². The van der Waals surface area contributed by atoms with E-state index in [9.17, 15) is 9.59 Å². The molecule has 0 spiro atoms. The van der Waals surface area contributed by atoms with Crippen molar-refractivity contribution in [2.45, 2.75) is 129 Å². The second kappa shape index (κ2) is 10.1. The molecule has 28 heavy (non-hydrogen) atoms. The van der Waals surface area contributed by atoms with Crippen LogP contribution in [0.15, 0.2) is 0 Å². The Bertz CT molecular complexity index is 509. The molecule has 0 unspecified atom stereocenters. The summed E-state index contributed by atoms with van der Waals surface area (Å²) in [5.41, 5.74) is -0.391. The van der Waals surface area contributed by atoms with Crippen LogP contribution in [0.1, 0.15) is 124 Å². The smallest absolute Gasteiger partial charge is 0.312 e. The van der Waals surface area contributed by atoms with Gasteiger partial charge in [0.1, 0.15) is 5.60 Å². The predicted molar refractivity (Wildman–Crippen MR) is 112 cm³/mol. The zero-order valence-corrected chi connectivity index (χ0v) is 18.5. The third kappa shape index (κ3) is 7.75. The van der Waals surface area contributed by atoms with Crippen molar-refractivity contribution in [2.24, 2.45) is 10.8 Å². The Morgan fingerprint density at radius 2 is 1.32 bits per heavy atom. The molecule has 2 rings (SSSR count). The molecule has 0 heterocycles. The van der Waals surface area contributed by atoms with Gasteiger partial charge in [0.05, 0.1) is 11.8 Å². The van der Waals surface area contributed by atoms with Gasteiger partial charge in [-0.1, -0.05) is 57.8 Å². The lowest BCUT2D eigenvalue weighted by atomic mass is 9.64. The number of carbonyl (C=O) groups excluding carboxylic acids is 1. The summed E-state index contributed by atoms with van der Waals surface area (Å²) in [6.45, 7) is 5.83. The number of ether oxygens (including phenoxy) is 1. The van der Waals surface area contributed by atoms with Crippen molar-refractivity contribution >= 4 is 11.9 Å². The summed E-state index contributed by atoms with van der Waals surface area (Å²) >= 11 is 0. The summed E-state index contributed by atoms with van der Waals surface area (Å²) in [7, 11) is 0. The zero-order chi connectivity index (χ0) is 20.7. The first-order valence-electron chi connectivity index (χ1n) is 11.6. The maximum Gasteiger partial charge on any atom is 0.312 e. The van der Waals surface area contributed by atoms with Gasteiger partial charge in [-0.15, -0.1) is 0 Å². The van der Waals surface area contributed by atoms with Crippen molar-refractivity contribution in [3.8, 4) is 0 Å². The first-order chi connectivity index (χ1) is 13.2. The number of rotatable bonds is 14. The Kier molecular flexibility index (Phi) is 8.39. The van der Waals surface area contributed by atoms with Gasteiger partial charge in [0.15, 0.2) is 0 Å². The molecule has 0 atom stereocenters.